The van der Waals surface area contributed by atoms with Crippen molar-refractivity contribution in [3.8, 4) is 0 Å². The van der Waals surface area contributed by atoms with Crippen molar-refractivity contribution in [2.24, 2.45) is 0 Å². The Labute approximate surface area is 166 Å². The summed E-state index contributed by atoms with van der Waals surface area (Å²) in [5.41, 5.74) is 3.93. The van der Waals surface area contributed by atoms with Crippen molar-refractivity contribution in [1.29, 1.82) is 0 Å². The molecule has 0 aliphatic carbocycles. The number of piperidine rings is 1. The van der Waals surface area contributed by atoms with Crippen molar-refractivity contribution in [2.45, 2.75) is 39.0 Å². The minimum atomic E-state index is -0.281. The zero-order chi connectivity index (χ0) is 19.3. The van der Waals surface area contributed by atoms with Crippen LogP contribution in [0.2, 0.25) is 0 Å². The molecule has 1 saturated heterocycles. The van der Waals surface area contributed by atoms with Gasteiger partial charge in [-0.05, 0) is 58.3 Å². The van der Waals surface area contributed by atoms with E-state index in [-0.39, 0.29) is 5.82 Å². The first-order valence-corrected chi connectivity index (χ1v) is 10.6. The maximum absolute atomic E-state index is 13.4. The highest BCUT2D eigenvalue weighted by Gasteiger charge is 2.25. The number of imidazole rings is 1. The molecule has 5 nitrogen and oxygen atoms in total. The van der Waals surface area contributed by atoms with Crippen LogP contribution >= 0.6 is 11.3 Å². The summed E-state index contributed by atoms with van der Waals surface area (Å²) >= 11 is 1.81. The van der Waals surface area contributed by atoms with Crippen molar-refractivity contribution in [1.82, 2.24) is 19.4 Å². The van der Waals surface area contributed by atoms with Gasteiger partial charge in [-0.25, -0.2) is 9.37 Å². The van der Waals surface area contributed by atoms with Crippen molar-refractivity contribution in [2.75, 3.05) is 19.6 Å². The van der Waals surface area contributed by atoms with Crippen LogP contribution in [0.3, 0.4) is 0 Å². The highest BCUT2D eigenvalue weighted by molar-refractivity contribution is 7.17. The van der Waals surface area contributed by atoms with Crippen LogP contribution in [-0.4, -0.2) is 39.1 Å². The molecule has 1 aliphatic heterocycles. The number of aromatic nitrogens is 3. The monoisotopic (exact) mass is 398 g/mol. The number of nitrogens with zero attached hydrogens (tertiary/aromatic N) is 4. The van der Waals surface area contributed by atoms with Crippen LogP contribution in [0.5, 0.6) is 0 Å². The van der Waals surface area contributed by atoms with E-state index in [4.69, 9.17) is 4.52 Å². The Morgan fingerprint density at radius 3 is 2.86 bits per heavy atom. The number of aryl methyl sites for hydroxylation is 2. The largest absolute Gasteiger partial charge is 0.356 e. The van der Waals surface area contributed by atoms with Crippen molar-refractivity contribution in [3.63, 3.8) is 0 Å². The molecule has 3 aromatic heterocycles. The molecule has 1 aliphatic rings. The van der Waals surface area contributed by atoms with Crippen LogP contribution in [0.1, 0.15) is 40.7 Å². The molecule has 0 spiro atoms. The number of hydrogen-bond donors (Lipinski definition) is 0. The Balaban J connectivity index is 1.22. The lowest BCUT2D eigenvalue weighted by Crippen LogP contribution is -2.34. The molecule has 0 radical (unpaired) electrons. The van der Waals surface area contributed by atoms with Gasteiger partial charge in [0, 0.05) is 40.7 Å². The van der Waals surface area contributed by atoms with Crippen LogP contribution in [0.15, 0.2) is 28.9 Å². The Bertz CT molecular complexity index is 1140. The maximum atomic E-state index is 13.4. The van der Waals surface area contributed by atoms with Gasteiger partial charge in [0.05, 0.1) is 11.4 Å². The van der Waals surface area contributed by atoms with Crippen LogP contribution in [0, 0.1) is 19.7 Å². The molecule has 4 aromatic rings. The summed E-state index contributed by atoms with van der Waals surface area (Å²) in [6.45, 7) is 7.41. The first kappa shape index (κ1) is 17.8. The van der Waals surface area contributed by atoms with Crippen molar-refractivity contribution < 1.29 is 8.91 Å². The average Bonchev–Trinajstić information content (AvgIpc) is 3.34. The zero-order valence-corrected chi connectivity index (χ0v) is 16.9. The quantitative estimate of drug-likeness (QED) is 0.499. The second-order valence-electron chi connectivity index (χ2n) is 7.72. The van der Waals surface area contributed by atoms with Crippen molar-refractivity contribution in [3.05, 3.63) is 52.2 Å². The third-order valence-electron chi connectivity index (χ3n) is 5.86. The van der Waals surface area contributed by atoms with Gasteiger partial charge < -0.3 is 9.42 Å². The number of fused-ring (bicyclic) bond motifs is 2. The van der Waals surface area contributed by atoms with E-state index in [1.165, 1.54) is 22.7 Å². The molecule has 0 amide bonds. The van der Waals surface area contributed by atoms with Gasteiger partial charge in [-0.3, -0.25) is 4.40 Å². The molecule has 1 fully saturated rings. The van der Waals surface area contributed by atoms with Crippen LogP contribution in [0.25, 0.3) is 15.9 Å². The number of hydrogen-bond acceptors (Lipinski definition) is 5. The van der Waals surface area contributed by atoms with Gasteiger partial charge in [-0.2, -0.15) is 0 Å². The molecule has 0 atom stereocenters. The first-order chi connectivity index (χ1) is 13.6. The summed E-state index contributed by atoms with van der Waals surface area (Å²) in [5, 5.41) is 5.20. The Morgan fingerprint density at radius 2 is 2.07 bits per heavy atom. The fourth-order valence-electron chi connectivity index (χ4n) is 4.25. The molecular weight excluding hydrogens is 375 g/mol. The number of halogens is 1. The van der Waals surface area contributed by atoms with Gasteiger partial charge in [0.15, 0.2) is 10.5 Å². The fraction of sp³-hybridized carbons (Fsp3) is 0.429. The summed E-state index contributed by atoms with van der Waals surface area (Å²) < 4.78 is 20.9. The Hall–Kier alpha value is -2.25. The lowest BCUT2D eigenvalue weighted by atomic mass is 9.91. The summed E-state index contributed by atoms with van der Waals surface area (Å²) in [6, 6.07) is 4.70. The van der Waals surface area contributed by atoms with E-state index in [0.717, 1.165) is 60.6 Å². The fourth-order valence-corrected chi connectivity index (χ4v) is 5.39. The highest BCUT2D eigenvalue weighted by Crippen LogP contribution is 2.33. The molecule has 1 aromatic carbocycles. The minimum Gasteiger partial charge on any atom is -0.356 e. The maximum Gasteiger partial charge on any atom is 0.194 e. The van der Waals surface area contributed by atoms with Gasteiger partial charge in [0.2, 0.25) is 0 Å². The predicted octanol–water partition coefficient (Wildman–Crippen LogP) is 4.72. The number of benzene rings is 1. The number of rotatable bonds is 4. The average molecular weight is 399 g/mol. The molecule has 0 bridgehead atoms. The lowest BCUT2D eigenvalue weighted by Gasteiger charge is -2.31. The van der Waals surface area contributed by atoms with E-state index >= 15 is 0 Å². The third-order valence-corrected chi connectivity index (χ3v) is 7.08. The first-order valence-electron chi connectivity index (χ1n) is 9.79. The molecule has 0 saturated carbocycles. The summed E-state index contributed by atoms with van der Waals surface area (Å²) in [7, 11) is 0. The van der Waals surface area contributed by atoms with Crippen LogP contribution < -0.4 is 0 Å². The van der Waals surface area contributed by atoms with Gasteiger partial charge in [-0.15, -0.1) is 11.3 Å². The van der Waals surface area contributed by atoms with E-state index in [2.05, 4.69) is 32.6 Å². The second kappa shape index (κ2) is 6.97. The minimum absolute atomic E-state index is 0.281. The summed E-state index contributed by atoms with van der Waals surface area (Å²) in [4.78, 5) is 9.64. The third kappa shape index (κ3) is 3.12. The molecule has 0 N–H and O–H groups in total. The summed E-state index contributed by atoms with van der Waals surface area (Å²) in [5.74, 6) is 0.106. The van der Waals surface area contributed by atoms with E-state index in [1.54, 1.807) is 17.4 Å². The molecule has 0 unspecified atom stereocenters. The topological polar surface area (TPSA) is 46.6 Å². The van der Waals surface area contributed by atoms with Gasteiger partial charge in [-0.1, -0.05) is 5.16 Å². The summed E-state index contributed by atoms with van der Waals surface area (Å²) in [6.07, 6.45) is 5.30. The normalized spacial score (nSPS) is 16.5. The van der Waals surface area contributed by atoms with Crippen molar-refractivity contribution >= 4 is 27.3 Å². The van der Waals surface area contributed by atoms with Gasteiger partial charge in [0.1, 0.15) is 5.82 Å². The van der Waals surface area contributed by atoms with E-state index < -0.39 is 0 Å². The van der Waals surface area contributed by atoms with Crippen LogP contribution in [0.4, 0.5) is 4.39 Å². The SMILES string of the molecule is Cc1cn2c(C)c(CCN3CCC(c4noc5cc(F)ccc45)CC3)sc2n1. The number of thiazole rings is 1. The molecule has 28 heavy (non-hydrogen) atoms. The lowest BCUT2D eigenvalue weighted by molar-refractivity contribution is 0.212. The zero-order valence-electron chi connectivity index (χ0n) is 16.1. The van der Waals surface area contributed by atoms with Gasteiger partial charge in [0.25, 0.3) is 0 Å². The molecule has 4 heterocycles. The smallest absolute Gasteiger partial charge is 0.194 e. The highest BCUT2D eigenvalue weighted by atomic mass is 32.1. The van der Waals surface area contributed by atoms with E-state index in [1.807, 2.05) is 6.92 Å². The predicted molar refractivity (Wildman–Crippen MR) is 109 cm³/mol. The van der Waals surface area contributed by atoms with E-state index in [9.17, 15) is 4.39 Å². The Kier molecular flexibility index (Phi) is 4.44. The van der Waals surface area contributed by atoms with Gasteiger partial charge >= 0.3 is 0 Å². The van der Waals surface area contributed by atoms with Crippen LogP contribution in [-0.2, 0) is 6.42 Å². The molecular formula is C21H23FN4OS. The Morgan fingerprint density at radius 1 is 1.25 bits per heavy atom. The second-order valence-corrected chi connectivity index (χ2v) is 8.78. The standard InChI is InChI=1S/C21H23FN4OS/c1-13-12-26-14(2)19(28-21(26)23-13)7-10-25-8-5-15(6-9-25)20-17-4-3-16(22)11-18(17)27-24-20/h3-4,11-12,15H,5-10H2,1-2H3. The number of likely N-dealkylation sites (tertiary alicyclic amines) is 1. The molecule has 146 valence electrons. The molecule has 5 rings (SSSR count). The van der Waals surface area contributed by atoms with E-state index in [0.29, 0.717) is 11.5 Å². The molecule has 7 heteroatoms.